The lowest BCUT2D eigenvalue weighted by molar-refractivity contribution is -0.135. The number of nitrogens with zero attached hydrogens (tertiary/aromatic N) is 3. The van der Waals surface area contributed by atoms with Crippen molar-refractivity contribution in [1.82, 2.24) is 13.8 Å². The van der Waals surface area contributed by atoms with Gasteiger partial charge in [-0.2, -0.15) is 4.31 Å². The summed E-state index contributed by atoms with van der Waals surface area (Å²) in [6.07, 6.45) is 5.93. The number of likely N-dealkylation sites (N-methyl/N-ethyl adjacent to an activating group) is 1. The fourth-order valence-corrected chi connectivity index (χ4v) is 9.98. The summed E-state index contributed by atoms with van der Waals surface area (Å²) in [5.74, 6) is -0.594. The van der Waals surface area contributed by atoms with E-state index in [4.69, 9.17) is 9.47 Å². The van der Waals surface area contributed by atoms with Gasteiger partial charge in [-0.1, -0.05) is 25.3 Å². The molecule has 4 aliphatic rings. The number of amides is 1. The number of carboxylic acid groups (broad SMARTS) is 1. The quantitative estimate of drug-likeness (QED) is 0.415. The Morgan fingerprint density at radius 1 is 1.09 bits per heavy atom. The zero-order valence-electron chi connectivity index (χ0n) is 25.3. The van der Waals surface area contributed by atoms with Gasteiger partial charge in [0.1, 0.15) is 10.5 Å². The number of rotatable bonds is 7. The molecule has 3 fully saturated rings. The van der Waals surface area contributed by atoms with Crippen molar-refractivity contribution in [1.29, 1.82) is 0 Å². The first kappa shape index (κ1) is 29.3. The van der Waals surface area contributed by atoms with Crippen LogP contribution < -0.4 is 4.74 Å². The molecule has 0 spiro atoms. The smallest absolute Gasteiger partial charge is 0.335 e. The van der Waals surface area contributed by atoms with Crippen LogP contribution in [0.15, 0.2) is 36.4 Å². The molecule has 7 rings (SSSR count). The summed E-state index contributed by atoms with van der Waals surface area (Å²) < 4.78 is 42.3. The topological polar surface area (TPSA) is 118 Å². The molecule has 2 aliphatic carbocycles. The minimum absolute atomic E-state index is 0.171. The Kier molecular flexibility index (Phi) is 7.25. The number of hydrogen-bond donors (Lipinski definition) is 1. The second kappa shape index (κ2) is 10.9. The Labute approximate surface area is 257 Å². The molecule has 2 atom stereocenters. The van der Waals surface area contributed by atoms with E-state index < -0.39 is 20.7 Å². The minimum Gasteiger partial charge on any atom is -0.497 e. The number of carbonyl (C=O) groups is 2. The highest BCUT2D eigenvalue weighted by molar-refractivity contribution is 7.90. The van der Waals surface area contributed by atoms with E-state index in [2.05, 4.69) is 4.57 Å². The van der Waals surface area contributed by atoms with Crippen LogP contribution in [0.3, 0.4) is 0 Å². The lowest BCUT2D eigenvalue weighted by Gasteiger charge is -2.30. The molecule has 2 aliphatic heterocycles. The van der Waals surface area contributed by atoms with Gasteiger partial charge in [-0.05, 0) is 66.6 Å². The maximum Gasteiger partial charge on any atom is 0.335 e. The Balaban J connectivity index is 1.40. The van der Waals surface area contributed by atoms with E-state index in [-0.39, 0.29) is 30.5 Å². The van der Waals surface area contributed by atoms with Crippen molar-refractivity contribution in [3.63, 3.8) is 0 Å². The van der Waals surface area contributed by atoms with Crippen LogP contribution in [-0.2, 0) is 26.1 Å². The van der Waals surface area contributed by atoms with Gasteiger partial charge in [-0.15, -0.1) is 0 Å². The predicted molar refractivity (Wildman–Crippen MR) is 166 cm³/mol. The van der Waals surface area contributed by atoms with Gasteiger partial charge in [0.15, 0.2) is 0 Å². The lowest BCUT2D eigenvalue weighted by Crippen LogP contribution is -2.49. The SMILES string of the molecule is COc1ccc2c(c1)C1CC1(S(=O)(=O)N(C)CC(=O)N1CCOCC1)Cn1c-2c(C2CCCCC2)c2ccc(C(=O)O)cc21. The summed E-state index contributed by atoms with van der Waals surface area (Å²) in [5.41, 5.74) is 5.00. The molecule has 0 radical (unpaired) electrons. The number of ether oxygens (including phenoxy) is 2. The third-order valence-electron chi connectivity index (χ3n) is 10.3. The van der Waals surface area contributed by atoms with Gasteiger partial charge in [0.05, 0.1) is 38.1 Å². The van der Waals surface area contributed by atoms with Crippen LogP contribution in [0.5, 0.6) is 5.75 Å². The van der Waals surface area contributed by atoms with E-state index in [0.29, 0.717) is 44.4 Å². The fraction of sp³-hybridized carbons (Fsp3) is 0.515. The van der Waals surface area contributed by atoms with Crippen molar-refractivity contribution in [3.05, 3.63) is 53.1 Å². The molecular weight excluding hydrogens is 582 g/mol. The summed E-state index contributed by atoms with van der Waals surface area (Å²) in [7, 11) is -0.874. The summed E-state index contributed by atoms with van der Waals surface area (Å²) in [6, 6.07) is 11.2. The van der Waals surface area contributed by atoms with Gasteiger partial charge in [0.2, 0.25) is 15.9 Å². The largest absolute Gasteiger partial charge is 0.497 e. The maximum atomic E-state index is 14.6. The average molecular weight is 622 g/mol. The number of sulfonamides is 1. The second-order valence-electron chi connectivity index (χ2n) is 12.7. The molecule has 1 saturated heterocycles. The van der Waals surface area contributed by atoms with Gasteiger partial charge < -0.3 is 24.0 Å². The van der Waals surface area contributed by atoms with Crippen LogP contribution in [0.4, 0.5) is 0 Å². The van der Waals surface area contributed by atoms with E-state index in [1.807, 2.05) is 24.3 Å². The molecule has 11 heteroatoms. The zero-order chi connectivity index (χ0) is 30.8. The maximum absolute atomic E-state index is 14.6. The van der Waals surface area contributed by atoms with Gasteiger partial charge in [0.25, 0.3) is 0 Å². The first-order valence-electron chi connectivity index (χ1n) is 15.6. The third-order valence-corrected chi connectivity index (χ3v) is 12.9. The Morgan fingerprint density at radius 2 is 1.84 bits per heavy atom. The molecule has 2 saturated carbocycles. The highest BCUT2D eigenvalue weighted by atomic mass is 32.2. The highest BCUT2D eigenvalue weighted by Crippen LogP contribution is 2.64. The highest BCUT2D eigenvalue weighted by Gasteiger charge is 2.67. The van der Waals surface area contributed by atoms with Crippen molar-refractivity contribution >= 4 is 32.8 Å². The summed E-state index contributed by atoms with van der Waals surface area (Å²) in [6.45, 7) is 1.71. The van der Waals surface area contributed by atoms with Crippen molar-refractivity contribution in [2.75, 3.05) is 47.0 Å². The van der Waals surface area contributed by atoms with Crippen LogP contribution in [-0.4, -0.2) is 90.9 Å². The second-order valence-corrected chi connectivity index (χ2v) is 15.1. The molecule has 44 heavy (non-hydrogen) atoms. The molecule has 234 valence electrons. The van der Waals surface area contributed by atoms with Crippen molar-refractivity contribution in [3.8, 4) is 17.0 Å². The van der Waals surface area contributed by atoms with E-state index in [0.717, 1.165) is 53.4 Å². The molecule has 0 bridgehead atoms. The standard InChI is InChI=1S/C33H39N3O7S/c1-34(19-29(37)35-12-14-43-15-13-35)44(40,41)33-18-27(33)26-17-23(42-2)9-11-24(26)31-30(21-6-4-3-5-7-21)25-10-8-22(32(38)39)16-28(25)36(31)20-33/h8-11,16-17,21,27H,3-7,12-15,18-20H2,1-2H3,(H,38,39). The normalized spacial score (nSPS) is 23.5. The predicted octanol–water partition coefficient (Wildman–Crippen LogP) is 4.42. The molecule has 1 aromatic heterocycles. The van der Waals surface area contributed by atoms with Crippen molar-refractivity contribution in [2.45, 2.75) is 61.7 Å². The fourth-order valence-electron chi connectivity index (χ4n) is 7.93. The van der Waals surface area contributed by atoms with Crippen LogP contribution >= 0.6 is 0 Å². The molecule has 3 aromatic rings. The number of carbonyl (C=O) groups excluding carboxylic acids is 1. The van der Waals surface area contributed by atoms with Gasteiger partial charge >= 0.3 is 5.97 Å². The summed E-state index contributed by atoms with van der Waals surface area (Å²) >= 11 is 0. The van der Waals surface area contributed by atoms with Crippen LogP contribution in [0.2, 0.25) is 0 Å². The Morgan fingerprint density at radius 3 is 2.55 bits per heavy atom. The van der Waals surface area contributed by atoms with Crippen molar-refractivity contribution < 1.29 is 32.6 Å². The Hall–Kier alpha value is -3.41. The minimum atomic E-state index is -3.98. The molecule has 2 aromatic carbocycles. The van der Waals surface area contributed by atoms with E-state index in [1.54, 1.807) is 24.1 Å². The average Bonchev–Trinajstić information content (AvgIpc) is 3.72. The molecule has 2 unspecified atom stereocenters. The number of methoxy groups -OCH3 is 1. The summed E-state index contributed by atoms with van der Waals surface area (Å²) in [5, 5.41) is 10.9. The lowest BCUT2D eigenvalue weighted by atomic mass is 9.81. The molecule has 10 nitrogen and oxygen atoms in total. The number of aromatic carboxylic acids is 1. The number of aromatic nitrogens is 1. The number of benzene rings is 2. The number of morpholine rings is 1. The first-order chi connectivity index (χ1) is 21.2. The van der Waals surface area contributed by atoms with Crippen LogP contribution in [0, 0.1) is 0 Å². The third kappa shape index (κ3) is 4.54. The number of hydrogen-bond acceptors (Lipinski definition) is 6. The van der Waals surface area contributed by atoms with E-state index in [9.17, 15) is 23.1 Å². The molecule has 3 heterocycles. The Bertz CT molecular complexity index is 1750. The van der Waals surface area contributed by atoms with Gasteiger partial charge in [-0.3, -0.25) is 4.79 Å². The van der Waals surface area contributed by atoms with E-state index >= 15 is 0 Å². The number of carboxylic acids is 1. The van der Waals surface area contributed by atoms with Crippen LogP contribution in [0.25, 0.3) is 22.2 Å². The monoisotopic (exact) mass is 621 g/mol. The van der Waals surface area contributed by atoms with Gasteiger partial charge in [0, 0.05) is 49.1 Å². The van der Waals surface area contributed by atoms with E-state index in [1.165, 1.54) is 23.3 Å². The summed E-state index contributed by atoms with van der Waals surface area (Å²) in [4.78, 5) is 26.9. The molecular formula is C33H39N3O7S. The van der Waals surface area contributed by atoms with Crippen LogP contribution in [0.1, 0.15) is 71.8 Å². The zero-order valence-corrected chi connectivity index (χ0v) is 26.1. The molecule has 1 amide bonds. The van der Waals surface area contributed by atoms with Gasteiger partial charge in [-0.25, -0.2) is 13.2 Å². The molecule has 1 N–H and O–H groups in total. The van der Waals surface area contributed by atoms with Crippen molar-refractivity contribution in [2.24, 2.45) is 0 Å². The first-order valence-corrected chi connectivity index (χ1v) is 17.0. The number of fused-ring (bicyclic) bond motifs is 7.